The SMILES string of the molecule is CCOC(=O)CCCCCN(C=C(C)CN1c2c(nc(N)[nH]c2=O)NCC1CNc1ccc(C(=O)NC(CCC(=O)O)C(=O)O)cc1)C(C)=O. The fourth-order valence-electron chi connectivity index (χ4n) is 5.36. The number of benzene rings is 1. The summed E-state index contributed by atoms with van der Waals surface area (Å²) in [6.45, 7) is 6.94. The van der Waals surface area contributed by atoms with Crippen LogP contribution >= 0.6 is 0 Å². The Balaban J connectivity index is 1.70. The van der Waals surface area contributed by atoms with Gasteiger partial charge in [-0.15, -0.1) is 0 Å². The molecule has 272 valence electrons. The van der Waals surface area contributed by atoms with Crippen molar-refractivity contribution in [1.29, 1.82) is 0 Å². The number of aromatic amines is 1. The topological polar surface area (TPSA) is 249 Å². The quantitative estimate of drug-likeness (QED) is 0.0819. The number of fused-ring (bicyclic) bond motifs is 1. The number of carbonyl (C=O) groups is 5. The van der Waals surface area contributed by atoms with Gasteiger partial charge in [0, 0.05) is 63.4 Å². The second kappa shape index (κ2) is 18.8. The van der Waals surface area contributed by atoms with Gasteiger partial charge in [-0.3, -0.25) is 29.0 Å². The van der Waals surface area contributed by atoms with Gasteiger partial charge >= 0.3 is 17.9 Å². The highest BCUT2D eigenvalue weighted by atomic mass is 16.5. The predicted octanol–water partition coefficient (Wildman–Crippen LogP) is 1.99. The highest BCUT2D eigenvalue weighted by molar-refractivity contribution is 5.97. The molecule has 2 atom stereocenters. The number of carbonyl (C=O) groups excluding carboxylic acids is 3. The molecule has 1 aromatic heterocycles. The Morgan fingerprint density at radius 3 is 2.48 bits per heavy atom. The van der Waals surface area contributed by atoms with Crippen LogP contribution in [0.2, 0.25) is 0 Å². The fourth-order valence-corrected chi connectivity index (χ4v) is 5.36. The molecule has 2 amide bonds. The highest BCUT2D eigenvalue weighted by Gasteiger charge is 2.30. The monoisotopic (exact) mass is 698 g/mol. The molecule has 2 aromatic rings. The van der Waals surface area contributed by atoms with Gasteiger partial charge in [0.2, 0.25) is 11.9 Å². The molecule has 17 nitrogen and oxygen atoms in total. The van der Waals surface area contributed by atoms with Crippen molar-refractivity contribution < 1.29 is 38.9 Å². The number of H-pyrrole nitrogens is 1. The zero-order valence-corrected chi connectivity index (χ0v) is 28.5. The van der Waals surface area contributed by atoms with Crippen LogP contribution in [0.25, 0.3) is 0 Å². The summed E-state index contributed by atoms with van der Waals surface area (Å²) in [4.78, 5) is 82.4. The summed E-state index contributed by atoms with van der Waals surface area (Å²) in [5, 5.41) is 27.0. The normalized spacial score (nSPS) is 14.5. The predicted molar refractivity (Wildman–Crippen MR) is 186 cm³/mol. The first-order valence-electron chi connectivity index (χ1n) is 16.4. The van der Waals surface area contributed by atoms with Gasteiger partial charge in [0.15, 0.2) is 5.82 Å². The number of carboxylic acids is 2. The lowest BCUT2D eigenvalue weighted by Gasteiger charge is -2.38. The van der Waals surface area contributed by atoms with Crippen LogP contribution in [0.5, 0.6) is 0 Å². The minimum Gasteiger partial charge on any atom is -0.481 e. The summed E-state index contributed by atoms with van der Waals surface area (Å²) in [6.07, 6.45) is 3.54. The maximum atomic E-state index is 13.1. The molecule has 1 aliphatic rings. The molecular formula is C33H46N8O9. The smallest absolute Gasteiger partial charge is 0.326 e. The maximum absolute atomic E-state index is 13.1. The van der Waals surface area contributed by atoms with Crippen LogP contribution in [0.4, 0.5) is 23.1 Å². The average Bonchev–Trinajstić information content (AvgIpc) is 3.05. The Morgan fingerprint density at radius 1 is 1.12 bits per heavy atom. The maximum Gasteiger partial charge on any atom is 0.326 e. The molecule has 8 N–H and O–H groups in total. The minimum absolute atomic E-state index is 0.0311. The van der Waals surface area contributed by atoms with Gasteiger partial charge in [-0.2, -0.15) is 4.98 Å². The van der Waals surface area contributed by atoms with Crippen LogP contribution in [-0.2, 0) is 23.9 Å². The Kier molecular flexibility index (Phi) is 14.6. The molecular weight excluding hydrogens is 652 g/mol. The summed E-state index contributed by atoms with van der Waals surface area (Å²) in [5.74, 6) is -3.23. The Labute approximate surface area is 289 Å². The Morgan fingerprint density at radius 2 is 1.84 bits per heavy atom. The molecule has 2 unspecified atom stereocenters. The fraction of sp³-hybridized carbons (Fsp3) is 0.485. The van der Waals surface area contributed by atoms with E-state index in [1.807, 2.05) is 11.8 Å². The second-order valence-corrected chi connectivity index (χ2v) is 11.9. The number of unbranched alkanes of at least 4 members (excludes halogenated alkanes) is 2. The molecule has 0 spiro atoms. The third-order valence-electron chi connectivity index (χ3n) is 7.87. The number of esters is 1. The van der Waals surface area contributed by atoms with Gasteiger partial charge < -0.3 is 46.4 Å². The van der Waals surface area contributed by atoms with E-state index in [2.05, 4.69) is 25.9 Å². The first-order chi connectivity index (χ1) is 23.8. The van der Waals surface area contributed by atoms with E-state index in [4.69, 9.17) is 15.6 Å². The summed E-state index contributed by atoms with van der Waals surface area (Å²) in [6, 6.07) is 4.69. The van der Waals surface area contributed by atoms with Crippen molar-refractivity contribution in [2.45, 2.75) is 71.4 Å². The average molecular weight is 699 g/mol. The van der Waals surface area contributed by atoms with Crippen molar-refractivity contribution in [2.75, 3.05) is 54.1 Å². The summed E-state index contributed by atoms with van der Waals surface area (Å²) < 4.78 is 4.96. The van der Waals surface area contributed by atoms with Crippen molar-refractivity contribution in [3.05, 3.63) is 52.0 Å². The number of carboxylic acid groups (broad SMARTS) is 2. The van der Waals surface area contributed by atoms with Gasteiger partial charge in [-0.25, -0.2) is 4.79 Å². The number of hydrogen-bond donors (Lipinski definition) is 7. The number of aromatic nitrogens is 2. The number of aliphatic carboxylic acids is 2. The third kappa shape index (κ3) is 11.8. The van der Waals surface area contributed by atoms with Crippen LogP contribution in [0.3, 0.4) is 0 Å². The van der Waals surface area contributed by atoms with E-state index in [1.165, 1.54) is 19.1 Å². The lowest BCUT2D eigenvalue weighted by molar-refractivity contribution is -0.143. The third-order valence-corrected chi connectivity index (χ3v) is 7.87. The molecule has 50 heavy (non-hydrogen) atoms. The number of hydrogen-bond acceptors (Lipinski definition) is 12. The number of nitrogen functional groups attached to an aromatic ring is 1. The van der Waals surface area contributed by atoms with Gasteiger partial charge in [0.05, 0.1) is 12.6 Å². The number of nitrogens with zero attached hydrogens (tertiary/aromatic N) is 3. The molecule has 0 saturated carbocycles. The van der Waals surface area contributed by atoms with E-state index < -0.39 is 35.9 Å². The minimum atomic E-state index is -1.35. The van der Waals surface area contributed by atoms with Gasteiger partial charge in [-0.1, -0.05) is 6.42 Å². The van der Waals surface area contributed by atoms with Gasteiger partial charge in [0.1, 0.15) is 11.7 Å². The molecule has 3 rings (SSSR count). The van der Waals surface area contributed by atoms with E-state index in [1.54, 1.807) is 30.2 Å². The molecule has 17 heteroatoms. The molecule has 2 heterocycles. The Hall–Kier alpha value is -5.61. The number of ether oxygens (including phenoxy) is 1. The first-order valence-corrected chi connectivity index (χ1v) is 16.4. The van der Waals surface area contributed by atoms with Crippen LogP contribution < -0.4 is 32.1 Å². The van der Waals surface area contributed by atoms with E-state index in [0.29, 0.717) is 62.7 Å². The van der Waals surface area contributed by atoms with E-state index >= 15 is 0 Å². The largest absolute Gasteiger partial charge is 0.481 e. The number of rotatable bonds is 19. The lowest BCUT2D eigenvalue weighted by Crippen LogP contribution is -2.51. The number of amides is 2. The van der Waals surface area contributed by atoms with Gasteiger partial charge in [0.25, 0.3) is 11.5 Å². The van der Waals surface area contributed by atoms with Crippen LogP contribution in [0, 0.1) is 0 Å². The van der Waals surface area contributed by atoms with Crippen LogP contribution in [-0.4, -0.2) is 99.7 Å². The van der Waals surface area contributed by atoms with Crippen molar-refractivity contribution in [1.82, 2.24) is 20.2 Å². The Bertz CT molecular complexity index is 1610. The number of anilines is 4. The molecule has 0 radical (unpaired) electrons. The lowest BCUT2D eigenvalue weighted by atomic mass is 10.1. The van der Waals surface area contributed by atoms with Crippen molar-refractivity contribution in [3.63, 3.8) is 0 Å². The standard InChI is InChI=1S/C33H46N8O9/c1-4-50-27(45)8-6-5-7-15-40(21(3)42)18-20(2)19-41-24(17-36-29-28(41)31(47)39-33(34)38-29)16-35-23-11-9-22(10-12-23)30(46)37-25(32(48)49)13-14-26(43)44/h9-12,18,24-25,35H,4-8,13-17,19H2,1-3H3,(H,37,46)(H,43,44)(H,48,49)(H4,34,36,38,39,47). The van der Waals surface area contributed by atoms with E-state index in [9.17, 15) is 33.9 Å². The second-order valence-electron chi connectivity index (χ2n) is 11.9. The van der Waals surface area contributed by atoms with E-state index in [0.717, 1.165) is 12.0 Å². The molecule has 1 aliphatic heterocycles. The van der Waals surface area contributed by atoms with Crippen molar-refractivity contribution >= 4 is 52.9 Å². The van der Waals surface area contributed by atoms with Crippen molar-refractivity contribution in [3.8, 4) is 0 Å². The van der Waals surface area contributed by atoms with Crippen LogP contribution in [0.15, 0.2) is 40.8 Å². The molecule has 0 saturated heterocycles. The zero-order valence-electron chi connectivity index (χ0n) is 28.5. The number of nitrogens with two attached hydrogens (primary N) is 1. The molecule has 0 fully saturated rings. The van der Waals surface area contributed by atoms with Crippen LogP contribution in [0.1, 0.15) is 69.7 Å². The first kappa shape index (κ1) is 38.8. The summed E-state index contributed by atoms with van der Waals surface area (Å²) >= 11 is 0. The van der Waals surface area contributed by atoms with Gasteiger partial charge in [-0.05, 0) is 62.9 Å². The molecule has 0 aliphatic carbocycles. The van der Waals surface area contributed by atoms with Crippen molar-refractivity contribution in [2.24, 2.45) is 0 Å². The van der Waals surface area contributed by atoms with E-state index in [-0.39, 0.29) is 42.4 Å². The number of nitrogens with one attached hydrogen (secondary N) is 4. The molecule has 0 bridgehead atoms. The summed E-state index contributed by atoms with van der Waals surface area (Å²) in [7, 11) is 0. The summed E-state index contributed by atoms with van der Waals surface area (Å²) in [5.41, 5.74) is 7.31. The molecule has 1 aromatic carbocycles. The highest BCUT2D eigenvalue weighted by Crippen LogP contribution is 2.28. The zero-order chi connectivity index (χ0) is 36.8.